The van der Waals surface area contributed by atoms with Crippen molar-refractivity contribution in [1.82, 2.24) is 9.88 Å². The highest BCUT2D eigenvalue weighted by atomic mass is 79.9. The number of piperidine rings is 1. The van der Waals surface area contributed by atoms with Gasteiger partial charge in [0.2, 0.25) is 11.8 Å². The van der Waals surface area contributed by atoms with E-state index in [1.807, 2.05) is 32.0 Å². The molecule has 1 fully saturated rings. The standard InChI is InChI=1S/C21H24BrClN4O2/c1-13-17(23)4-3-5-18(13)25-20(28)14(2)27-10-8-15(9-11-27)21(29)26-19-7-6-16(22)12-24-19/h3-7,12,14-15H,8-11H2,1-2H3,(H,25,28)(H,24,26,29). The van der Waals surface area contributed by atoms with E-state index in [2.05, 4.69) is 36.4 Å². The molecule has 1 aromatic heterocycles. The third kappa shape index (κ3) is 5.56. The summed E-state index contributed by atoms with van der Waals surface area (Å²) in [5, 5.41) is 6.46. The van der Waals surface area contributed by atoms with E-state index in [9.17, 15) is 9.59 Å². The van der Waals surface area contributed by atoms with Crippen molar-refractivity contribution in [1.29, 1.82) is 0 Å². The highest BCUT2D eigenvalue weighted by molar-refractivity contribution is 9.10. The van der Waals surface area contributed by atoms with Gasteiger partial charge in [-0.1, -0.05) is 17.7 Å². The number of hydrogen-bond donors (Lipinski definition) is 2. The van der Waals surface area contributed by atoms with E-state index < -0.39 is 0 Å². The lowest BCUT2D eigenvalue weighted by Gasteiger charge is -2.34. The molecule has 0 radical (unpaired) electrons. The van der Waals surface area contributed by atoms with Gasteiger partial charge in [0.05, 0.1) is 6.04 Å². The van der Waals surface area contributed by atoms with Gasteiger partial charge < -0.3 is 10.6 Å². The molecule has 2 heterocycles. The van der Waals surface area contributed by atoms with Gasteiger partial charge in [0, 0.05) is 27.3 Å². The molecule has 1 aliphatic rings. The Morgan fingerprint density at radius 3 is 2.59 bits per heavy atom. The molecule has 1 aliphatic heterocycles. The molecule has 2 N–H and O–H groups in total. The van der Waals surface area contributed by atoms with E-state index in [1.165, 1.54) is 0 Å². The summed E-state index contributed by atoms with van der Waals surface area (Å²) >= 11 is 9.46. The number of pyridine rings is 1. The van der Waals surface area contributed by atoms with Crippen molar-refractivity contribution < 1.29 is 9.59 Å². The molecular weight excluding hydrogens is 456 g/mol. The smallest absolute Gasteiger partial charge is 0.241 e. The Morgan fingerprint density at radius 2 is 1.93 bits per heavy atom. The van der Waals surface area contributed by atoms with Crippen molar-refractivity contribution in [3.8, 4) is 0 Å². The number of carbonyl (C=O) groups is 2. The third-order valence-electron chi connectivity index (χ3n) is 5.33. The molecule has 1 aromatic carbocycles. The number of nitrogens with zero attached hydrogens (tertiary/aromatic N) is 2. The Morgan fingerprint density at radius 1 is 1.21 bits per heavy atom. The summed E-state index contributed by atoms with van der Waals surface area (Å²) in [6.45, 7) is 5.15. The monoisotopic (exact) mass is 478 g/mol. The molecule has 0 saturated carbocycles. The lowest BCUT2D eigenvalue weighted by molar-refractivity contribution is -0.123. The van der Waals surface area contributed by atoms with Crippen molar-refractivity contribution in [3.63, 3.8) is 0 Å². The number of likely N-dealkylation sites (tertiary alicyclic amines) is 1. The Hall–Kier alpha value is -1.96. The highest BCUT2D eigenvalue weighted by Crippen LogP contribution is 2.25. The van der Waals surface area contributed by atoms with Crippen molar-refractivity contribution in [2.75, 3.05) is 23.7 Å². The average molecular weight is 480 g/mol. The zero-order valence-electron chi connectivity index (χ0n) is 16.4. The molecule has 6 nitrogen and oxygen atoms in total. The predicted octanol–water partition coefficient (Wildman–Crippen LogP) is 4.48. The number of amides is 2. The molecule has 2 amide bonds. The summed E-state index contributed by atoms with van der Waals surface area (Å²) in [7, 11) is 0. The van der Waals surface area contributed by atoms with Gasteiger partial charge in [0.25, 0.3) is 0 Å². The first kappa shape index (κ1) is 21.7. The van der Waals surface area contributed by atoms with Gasteiger partial charge in [0.15, 0.2) is 0 Å². The van der Waals surface area contributed by atoms with Gasteiger partial charge in [-0.15, -0.1) is 0 Å². The number of rotatable bonds is 5. The van der Waals surface area contributed by atoms with Crippen LogP contribution >= 0.6 is 27.5 Å². The van der Waals surface area contributed by atoms with Gasteiger partial charge in [0.1, 0.15) is 5.82 Å². The maximum atomic E-state index is 12.7. The summed E-state index contributed by atoms with van der Waals surface area (Å²) in [6.07, 6.45) is 3.06. The van der Waals surface area contributed by atoms with Gasteiger partial charge in [-0.2, -0.15) is 0 Å². The predicted molar refractivity (Wildman–Crippen MR) is 119 cm³/mol. The fourth-order valence-electron chi connectivity index (χ4n) is 3.37. The van der Waals surface area contributed by atoms with Crippen molar-refractivity contribution in [2.24, 2.45) is 5.92 Å². The highest BCUT2D eigenvalue weighted by Gasteiger charge is 2.30. The van der Waals surface area contributed by atoms with Crippen LogP contribution < -0.4 is 10.6 Å². The number of aromatic nitrogens is 1. The summed E-state index contributed by atoms with van der Waals surface area (Å²) < 4.78 is 0.865. The molecule has 1 atom stereocenters. The normalized spacial score (nSPS) is 16.3. The van der Waals surface area contributed by atoms with E-state index in [-0.39, 0.29) is 23.8 Å². The average Bonchev–Trinajstić information content (AvgIpc) is 2.72. The number of nitrogens with one attached hydrogen (secondary N) is 2. The van der Waals surface area contributed by atoms with E-state index in [4.69, 9.17) is 11.6 Å². The number of carbonyl (C=O) groups excluding carboxylic acids is 2. The molecule has 1 saturated heterocycles. The van der Waals surface area contributed by atoms with Crippen molar-refractivity contribution >= 4 is 50.9 Å². The molecular formula is C21H24BrClN4O2. The molecule has 29 heavy (non-hydrogen) atoms. The molecule has 0 bridgehead atoms. The van der Waals surface area contributed by atoms with Crippen LogP contribution in [0.15, 0.2) is 41.0 Å². The maximum absolute atomic E-state index is 12.7. The van der Waals surface area contributed by atoms with Crippen LogP contribution in [0.4, 0.5) is 11.5 Å². The van der Waals surface area contributed by atoms with E-state index in [0.717, 1.165) is 15.7 Å². The minimum absolute atomic E-state index is 0.0221. The lowest BCUT2D eigenvalue weighted by atomic mass is 9.95. The summed E-state index contributed by atoms with van der Waals surface area (Å²) in [4.78, 5) is 31.5. The van der Waals surface area contributed by atoms with Crippen LogP contribution in [-0.4, -0.2) is 40.8 Å². The maximum Gasteiger partial charge on any atom is 0.241 e. The number of benzene rings is 1. The van der Waals surface area contributed by atoms with Gasteiger partial charge in [-0.3, -0.25) is 14.5 Å². The largest absolute Gasteiger partial charge is 0.324 e. The quantitative estimate of drug-likeness (QED) is 0.663. The number of hydrogen-bond acceptors (Lipinski definition) is 4. The summed E-state index contributed by atoms with van der Waals surface area (Å²) in [5.74, 6) is 0.371. The first-order chi connectivity index (χ1) is 13.8. The van der Waals surface area contributed by atoms with Crippen LogP contribution in [0, 0.1) is 12.8 Å². The Kier molecular flexibility index (Phi) is 7.27. The first-order valence-corrected chi connectivity index (χ1v) is 10.7. The first-order valence-electron chi connectivity index (χ1n) is 9.57. The van der Waals surface area contributed by atoms with Crippen molar-refractivity contribution in [2.45, 2.75) is 32.7 Å². The third-order valence-corrected chi connectivity index (χ3v) is 6.21. The zero-order valence-corrected chi connectivity index (χ0v) is 18.8. The summed E-state index contributed by atoms with van der Waals surface area (Å²) in [6, 6.07) is 8.79. The Bertz CT molecular complexity index is 883. The second-order valence-electron chi connectivity index (χ2n) is 7.24. The van der Waals surface area contributed by atoms with E-state index in [0.29, 0.717) is 36.8 Å². The molecule has 8 heteroatoms. The number of anilines is 2. The van der Waals surface area contributed by atoms with Crippen molar-refractivity contribution in [3.05, 3.63) is 51.6 Å². The van der Waals surface area contributed by atoms with Crippen LogP contribution in [0.2, 0.25) is 5.02 Å². The van der Waals surface area contributed by atoms with Gasteiger partial charge in [-0.25, -0.2) is 4.98 Å². The number of halogens is 2. The second kappa shape index (κ2) is 9.69. The van der Waals surface area contributed by atoms with Crippen LogP contribution in [-0.2, 0) is 9.59 Å². The lowest BCUT2D eigenvalue weighted by Crippen LogP contribution is -2.47. The minimum atomic E-state index is -0.287. The van der Waals surface area contributed by atoms with Crippen LogP contribution in [0.25, 0.3) is 0 Å². The van der Waals surface area contributed by atoms with Crippen LogP contribution in [0.3, 0.4) is 0 Å². The molecule has 154 valence electrons. The molecule has 0 aliphatic carbocycles. The Labute approximate surface area is 184 Å². The molecule has 0 spiro atoms. The van der Waals surface area contributed by atoms with Crippen LogP contribution in [0.1, 0.15) is 25.3 Å². The van der Waals surface area contributed by atoms with Gasteiger partial charge in [-0.05, 0) is 85.5 Å². The fourth-order valence-corrected chi connectivity index (χ4v) is 3.78. The van der Waals surface area contributed by atoms with Crippen LogP contribution in [0.5, 0.6) is 0 Å². The molecule has 1 unspecified atom stereocenters. The fraction of sp³-hybridized carbons (Fsp3) is 0.381. The molecule has 2 aromatic rings. The SMILES string of the molecule is Cc1c(Cl)cccc1NC(=O)C(C)N1CCC(C(=O)Nc2ccc(Br)cn2)CC1. The summed E-state index contributed by atoms with van der Waals surface area (Å²) in [5.41, 5.74) is 1.58. The minimum Gasteiger partial charge on any atom is -0.324 e. The van der Waals surface area contributed by atoms with Gasteiger partial charge >= 0.3 is 0 Å². The second-order valence-corrected chi connectivity index (χ2v) is 8.56. The Balaban J connectivity index is 1.51. The van der Waals surface area contributed by atoms with E-state index in [1.54, 1.807) is 18.3 Å². The van der Waals surface area contributed by atoms with E-state index >= 15 is 0 Å². The molecule has 3 rings (SSSR count). The zero-order chi connectivity index (χ0) is 21.0. The topological polar surface area (TPSA) is 74.3 Å².